The highest BCUT2D eigenvalue weighted by Crippen LogP contribution is 2.20. The molecule has 0 fully saturated rings. The minimum absolute atomic E-state index is 0.243. The van der Waals surface area contributed by atoms with E-state index in [-0.39, 0.29) is 5.82 Å². The van der Waals surface area contributed by atoms with Crippen molar-refractivity contribution >= 4 is 5.69 Å². The Morgan fingerprint density at radius 1 is 1.16 bits per heavy atom. The molecule has 2 nitrogen and oxygen atoms in total. The second-order valence-electron chi connectivity index (χ2n) is 4.74. The number of rotatable bonds is 4. The number of likely N-dealkylation sites (N-methyl/N-ethyl adjacent to an activating group) is 1. The molecule has 0 aliphatic carbocycles. The standard InChI is InChI=1S/C16H18FNO/c1-12-10-13(8-9-15(12)17)16(19)11-18(2)14-6-4-3-5-7-14/h3-10,16,19H,11H2,1-2H3. The van der Waals surface area contributed by atoms with Crippen LogP contribution in [0.4, 0.5) is 10.1 Å². The summed E-state index contributed by atoms with van der Waals surface area (Å²) in [6.07, 6.45) is -0.635. The van der Waals surface area contributed by atoms with Gasteiger partial charge in [-0.05, 0) is 36.2 Å². The van der Waals surface area contributed by atoms with Crippen molar-refractivity contribution in [3.8, 4) is 0 Å². The number of para-hydroxylation sites is 1. The number of halogens is 1. The van der Waals surface area contributed by atoms with E-state index in [9.17, 15) is 9.50 Å². The molecular formula is C16H18FNO. The van der Waals surface area contributed by atoms with Gasteiger partial charge in [-0.25, -0.2) is 4.39 Å². The highest BCUT2D eigenvalue weighted by molar-refractivity contribution is 5.45. The Morgan fingerprint density at radius 2 is 1.84 bits per heavy atom. The molecule has 0 aliphatic heterocycles. The molecule has 19 heavy (non-hydrogen) atoms. The normalized spacial score (nSPS) is 12.2. The van der Waals surface area contributed by atoms with E-state index >= 15 is 0 Å². The van der Waals surface area contributed by atoms with Crippen LogP contribution < -0.4 is 4.90 Å². The molecule has 0 spiro atoms. The molecule has 2 aromatic carbocycles. The average molecular weight is 259 g/mol. The summed E-state index contributed by atoms with van der Waals surface area (Å²) in [6.45, 7) is 2.17. The molecule has 0 aliphatic rings. The van der Waals surface area contributed by atoms with Crippen molar-refractivity contribution in [2.24, 2.45) is 0 Å². The van der Waals surface area contributed by atoms with Gasteiger partial charge in [0, 0.05) is 19.3 Å². The number of aryl methyl sites for hydroxylation is 1. The van der Waals surface area contributed by atoms with Gasteiger partial charge in [-0.1, -0.05) is 30.3 Å². The second-order valence-corrected chi connectivity index (χ2v) is 4.74. The number of anilines is 1. The second kappa shape index (κ2) is 5.85. The first kappa shape index (κ1) is 13.6. The zero-order valence-corrected chi connectivity index (χ0v) is 11.2. The van der Waals surface area contributed by atoms with E-state index in [4.69, 9.17) is 0 Å². The van der Waals surface area contributed by atoms with Crippen LogP contribution in [0.5, 0.6) is 0 Å². The molecule has 0 saturated carbocycles. The van der Waals surface area contributed by atoms with E-state index in [1.165, 1.54) is 6.07 Å². The number of benzene rings is 2. The summed E-state index contributed by atoms with van der Waals surface area (Å²) in [6, 6.07) is 14.6. The van der Waals surface area contributed by atoms with E-state index in [2.05, 4.69) is 0 Å². The van der Waals surface area contributed by atoms with Gasteiger partial charge in [-0.2, -0.15) is 0 Å². The summed E-state index contributed by atoms with van der Waals surface area (Å²) in [5.41, 5.74) is 2.33. The van der Waals surface area contributed by atoms with Crippen LogP contribution in [0.25, 0.3) is 0 Å². The number of nitrogens with zero attached hydrogens (tertiary/aromatic N) is 1. The zero-order valence-electron chi connectivity index (χ0n) is 11.2. The number of hydrogen-bond donors (Lipinski definition) is 1. The van der Waals surface area contributed by atoms with Crippen LogP contribution >= 0.6 is 0 Å². The van der Waals surface area contributed by atoms with Crippen LogP contribution in [0.1, 0.15) is 17.2 Å². The van der Waals surface area contributed by atoms with Crippen LogP contribution in [-0.4, -0.2) is 18.7 Å². The van der Waals surface area contributed by atoms with E-state index in [1.807, 2.05) is 42.3 Å². The quantitative estimate of drug-likeness (QED) is 0.910. The number of aliphatic hydroxyl groups excluding tert-OH is 1. The Morgan fingerprint density at radius 3 is 2.47 bits per heavy atom. The Balaban J connectivity index is 2.08. The highest BCUT2D eigenvalue weighted by Gasteiger charge is 2.12. The molecule has 0 heterocycles. The first-order valence-electron chi connectivity index (χ1n) is 6.28. The Bertz CT molecular complexity index is 542. The van der Waals surface area contributed by atoms with Crippen LogP contribution in [-0.2, 0) is 0 Å². The molecule has 1 unspecified atom stereocenters. The Hall–Kier alpha value is -1.87. The summed E-state index contributed by atoms with van der Waals surface area (Å²) in [5.74, 6) is -0.243. The number of hydrogen-bond acceptors (Lipinski definition) is 2. The highest BCUT2D eigenvalue weighted by atomic mass is 19.1. The maximum atomic E-state index is 13.2. The molecule has 0 amide bonds. The molecule has 1 N–H and O–H groups in total. The number of aliphatic hydroxyl groups is 1. The van der Waals surface area contributed by atoms with Crippen molar-refractivity contribution in [2.75, 3.05) is 18.5 Å². The van der Waals surface area contributed by atoms with Gasteiger partial charge in [0.15, 0.2) is 0 Å². The fraction of sp³-hybridized carbons (Fsp3) is 0.250. The lowest BCUT2D eigenvalue weighted by Gasteiger charge is -2.23. The van der Waals surface area contributed by atoms with Crippen molar-refractivity contribution in [2.45, 2.75) is 13.0 Å². The smallest absolute Gasteiger partial charge is 0.126 e. The Kier molecular flexibility index (Phi) is 4.17. The molecule has 0 radical (unpaired) electrons. The summed E-state index contributed by atoms with van der Waals surface area (Å²) < 4.78 is 13.2. The van der Waals surface area contributed by atoms with Gasteiger partial charge in [-0.15, -0.1) is 0 Å². The molecule has 0 bridgehead atoms. The SMILES string of the molecule is Cc1cc(C(O)CN(C)c2ccccc2)ccc1F. The zero-order chi connectivity index (χ0) is 13.8. The molecule has 2 aromatic rings. The van der Waals surface area contributed by atoms with E-state index in [0.29, 0.717) is 12.1 Å². The summed E-state index contributed by atoms with van der Waals surface area (Å²) in [7, 11) is 1.93. The summed E-state index contributed by atoms with van der Waals surface area (Å²) in [5, 5.41) is 10.2. The molecule has 0 aromatic heterocycles. The maximum absolute atomic E-state index is 13.2. The minimum Gasteiger partial charge on any atom is -0.387 e. The molecule has 2 rings (SSSR count). The van der Waals surface area contributed by atoms with Gasteiger partial charge in [0.05, 0.1) is 6.10 Å². The summed E-state index contributed by atoms with van der Waals surface area (Å²) in [4.78, 5) is 1.98. The topological polar surface area (TPSA) is 23.5 Å². The van der Waals surface area contributed by atoms with E-state index in [1.54, 1.807) is 19.1 Å². The van der Waals surface area contributed by atoms with Crippen molar-refractivity contribution in [1.82, 2.24) is 0 Å². The summed E-state index contributed by atoms with van der Waals surface area (Å²) >= 11 is 0. The van der Waals surface area contributed by atoms with Crippen molar-refractivity contribution in [3.63, 3.8) is 0 Å². The minimum atomic E-state index is -0.635. The first-order chi connectivity index (χ1) is 9.08. The fourth-order valence-corrected chi connectivity index (χ4v) is 2.03. The third-order valence-electron chi connectivity index (χ3n) is 3.21. The van der Waals surface area contributed by atoms with Gasteiger partial charge in [0.25, 0.3) is 0 Å². The lowest BCUT2D eigenvalue weighted by molar-refractivity contribution is 0.185. The van der Waals surface area contributed by atoms with E-state index in [0.717, 1.165) is 11.3 Å². The van der Waals surface area contributed by atoms with E-state index < -0.39 is 6.10 Å². The maximum Gasteiger partial charge on any atom is 0.126 e. The molecular weight excluding hydrogens is 241 g/mol. The third kappa shape index (κ3) is 3.32. The van der Waals surface area contributed by atoms with Crippen molar-refractivity contribution in [1.29, 1.82) is 0 Å². The third-order valence-corrected chi connectivity index (χ3v) is 3.21. The molecule has 3 heteroatoms. The van der Waals surface area contributed by atoms with Crippen molar-refractivity contribution in [3.05, 3.63) is 65.5 Å². The van der Waals surface area contributed by atoms with Gasteiger partial charge < -0.3 is 10.0 Å². The largest absolute Gasteiger partial charge is 0.387 e. The monoisotopic (exact) mass is 259 g/mol. The predicted molar refractivity (Wildman–Crippen MR) is 75.8 cm³/mol. The van der Waals surface area contributed by atoms with Crippen LogP contribution in [0.3, 0.4) is 0 Å². The average Bonchev–Trinajstić information content (AvgIpc) is 2.42. The van der Waals surface area contributed by atoms with Gasteiger partial charge in [0.1, 0.15) is 5.82 Å². The lowest BCUT2D eigenvalue weighted by Crippen LogP contribution is -2.24. The van der Waals surface area contributed by atoms with Gasteiger partial charge in [0.2, 0.25) is 0 Å². The fourth-order valence-electron chi connectivity index (χ4n) is 2.03. The lowest BCUT2D eigenvalue weighted by atomic mass is 10.1. The van der Waals surface area contributed by atoms with Gasteiger partial charge >= 0.3 is 0 Å². The van der Waals surface area contributed by atoms with Crippen LogP contribution in [0.15, 0.2) is 48.5 Å². The Labute approximate surface area is 113 Å². The molecule has 100 valence electrons. The van der Waals surface area contributed by atoms with Crippen LogP contribution in [0, 0.1) is 12.7 Å². The molecule has 0 saturated heterocycles. The van der Waals surface area contributed by atoms with Crippen LogP contribution in [0.2, 0.25) is 0 Å². The molecule has 1 atom stereocenters. The first-order valence-corrected chi connectivity index (χ1v) is 6.28. The van der Waals surface area contributed by atoms with Crippen molar-refractivity contribution < 1.29 is 9.50 Å². The predicted octanol–water partition coefficient (Wildman–Crippen LogP) is 3.30. The van der Waals surface area contributed by atoms with Gasteiger partial charge in [-0.3, -0.25) is 0 Å².